The molecule has 0 spiro atoms. The zero-order chi connectivity index (χ0) is 20.8. The van der Waals surface area contributed by atoms with Gasteiger partial charge in [0.1, 0.15) is 0 Å². The van der Waals surface area contributed by atoms with Gasteiger partial charge in [-0.3, -0.25) is 14.6 Å². The standard InChI is InChI=1S/C24H19N3O3/c28-23(26-16-18-10-12-25-13-11-18)9-8-17-4-3-5-19(14-17)15-22-24(29)27-20-6-1-2-7-21(20)30-22/h1-15H,16H2,(H,26,28)(H,27,29)/b9-8+,22-15-. The number of para-hydroxylation sites is 2. The molecular weight excluding hydrogens is 378 g/mol. The van der Waals surface area contributed by atoms with E-state index in [1.54, 1.807) is 36.7 Å². The molecule has 1 aromatic heterocycles. The molecule has 2 N–H and O–H groups in total. The van der Waals surface area contributed by atoms with Crippen LogP contribution in [-0.4, -0.2) is 16.8 Å². The van der Waals surface area contributed by atoms with Gasteiger partial charge >= 0.3 is 0 Å². The number of anilines is 1. The van der Waals surface area contributed by atoms with Crippen molar-refractivity contribution in [2.75, 3.05) is 5.32 Å². The molecule has 30 heavy (non-hydrogen) atoms. The number of fused-ring (bicyclic) bond motifs is 1. The number of pyridine rings is 1. The van der Waals surface area contributed by atoms with Crippen LogP contribution in [0.4, 0.5) is 5.69 Å². The Morgan fingerprint density at radius 2 is 1.83 bits per heavy atom. The molecule has 3 aromatic rings. The van der Waals surface area contributed by atoms with E-state index >= 15 is 0 Å². The number of nitrogens with one attached hydrogen (secondary N) is 2. The van der Waals surface area contributed by atoms with E-state index in [2.05, 4.69) is 15.6 Å². The minimum atomic E-state index is -0.301. The highest BCUT2D eigenvalue weighted by Crippen LogP contribution is 2.30. The normalized spacial score (nSPS) is 14.1. The van der Waals surface area contributed by atoms with Crippen LogP contribution in [0.2, 0.25) is 0 Å². The molecule has 0 saturated carbocycles. The molecule has 2 aromatic carbocycles. The highest BCUT2D eigenvalue weighted by molar-refractivity contribution is 6.08. The first-order valence-electron chi connectivity index (χ1n) is 9.42. The van der Waals surface area contributed by atoms with Crippen LogP contribution >= 0.6 is 0 Å². The van der Waals surface area contributed by atoms with Crippen LogP contribution in [0.1, 0.15) is 16.7 Å². The van der Waals surface area contributed by atoms with Crippen LogP contribution in [0.15, 0.2) is 84.9 Å². The molecule has 4 rings (SSSR count). The van der Waals surface area contributed by atoms with Gasteiger partial charge in [-0.2, -0.15) is 0 Å². The van der Waals surface area contributed by atoms with Crippen molar-refractivity contribution in [2.24, 2.45) is 0 Å². The summed E-state index contributed by atoms with van der Waals surface area (Å²) in [6.07, 6.45) is 8.25. The first-order valence-corrected chi connectivity index (χ1v) is 9.42. The van der Waals surface area contributed by atoms with E-state index in [0.717, 1.165) is 16.7 Å². The Morgan fingerprint density at radius 3 is 2.70 bits per heavy atom. The van der Waals surface area contributed by atoms with Gasteiger partial charge in [0.2, 0.25) is 5.91 Å². The minimum Gasteiger partial charge on any atom is -0.449 e. The maximum atomic E-state index is 12.3. The molecule has 0 aliphatic carbocycles. The molecule has 0 fully saturated rings. The van der Waals surface area contributed by atoms with Gasteiger partial charge in [-0.05, 0) is 59.2 Å². The summed E-state index contributed by atoms with van der Waals surface area (Å²) in [6, 6.07) is 18.4. The Labute approximate surface area is 173 Å². The van der Waals surface area contributed by atoms with E-state index in [1.807, 2.05) is 48.5 Å². The fourth-order valence-electron chi connectivity index (χ4n) is 2.93. The highest BCUT2D eigenvalue weighted by Gasteiger charge is 2.21. The molecule has 1 aliphatic rings. The Kier molecular flexibility index (Phi) is 5.66. The predicted molar refractivity (Wildman–Crippen MR) is 115 cm³/mol. The lowest BCUT2D eigenvalue weighted by Gasteiger charge is -2.19. The van der Waals surface area contributed by atoms with Crippen LogP contribution < -0.4 is 15.4 Å². The summed E-state index contributed by atoms with van der Waals surface area (Å²) >= 11 is 0. The highest BCUT2D eigenvalue weighted by atomic mass is 16.5. The summed E-state index contributed by atoms with van der Waals surface area (Å²) < 4.78 is 5.72. The third-order valence-corrected chi connectivity index (χ3v) is 4.43. The largest absolute Gasteiger partial charge is 0.449 e. The third-order valence-electron chi connectivity index (χ3n) is 4.43. The van der Waals surface area contributed by atoms with Crippen molar-refractivity contribution >= 4 is 29.7 Å². The lowest BCUT2D eigenvalue weighted by atomic mass is 10.1. The number of carbonyl (C=O) groups excluding carboxylic acids is 2. The predicted octanol–water partition coefficient (Wildman–Crippen LogP) is 3.78. The van der Waals surface area contributed by atoms with E-state index < -0.39 is 0 Å². The van der Waals surface area contributed by atoms with Crippen molar-refractivity contribution in [3.63, 3.8) is 0 Å². The van der Waals surface area contributed by atoms with Crippen LogP contribution in [0, 0.1) is 0 Å². The fourth-order valence-corrected chi connectivity index (χ4v) is 2.93. The molecule has 0 unspecified atom stereocenters. The molecule has 6 heteroatoms. The second kappa shape index (κ2) is 8.87. The van der Waals surface area contributed by atoms with Crippen molar-refractivity contribution in [3.05, 3.63) is 102 Å². The second-order valence-corrected chi connectivity index (χ2v) is 6.64. The van der Waals surface area contributed by atoms with Crippen LogP contribution in [-0.2, 0) is 16.1 Å². The number of hydrogen-bond acceptors (Lipinski definition) is 4. The number of rotatable bonds is 5. The molecular formula is C24H19N3O3. The summed E-state index contributed by atoms with van der Waals surface area (Å²) in [6.45, 7) is 0.436. The molecule has 148 valence electrons. The van der Waals surface area contributed by atoms with Crippen molar-refractivity contribution in [2.45, 2.75) is 6.54 Å². The van der Waals surface area contributed by atoms with Gasteiger partial charge in [-0.25, -0.2) is 0 Å². The summed E-state index contributed by atoms with van der Waals surface area (Å²) in [5.41, 5.74) is 3.25. The van der Waals surface area contributed by atoms with Gasteiger partial charge in [0.15, 0.2) is 11.5 Å². The number of benzene rings is 2. The van der Waals surface area contributed by atoms with Crippen LogP contribution in [0.3, 0.4) is 0 Å². The van der Waals surface area contributed by atoms with E-state index in [4.69, 9.17) is 4.74 Å². The number of hydrogen-bond donors (Lipinski definition) is 2. The molecule has 6 nitrogen and oxygen atoms in total. The van der Waals surface area contributed by atoms with Crippen molar-refractivity contribution < 1.29 is 14.3 Å². The Balaban J connectivity index is 1.42. The van der Waals surface area contributed by atoms with Gasteiger partial charge in [-0.15, -0.1) is 0 Å². The smallest absolute Gasteiger partial charge is 0.291 e. The zero-order valence-corrected chi connectivity index (χ0v) is 16.0. The summed E-state index contributed by atoms with van der Waals surface area (Å²) in [5.74, 6) is 0.322. The third kappa shape index (κ3) is 4.80. The fraction of sp³-hybridized carbons (Fsp3) is 0.0417. The summed E-state index contributed by atoms with van der Waals surface area (Å²) in [4.78, 5) is 28.3. The van der Waals surface area contributed by atoms with Crippen molar-refractivity contribution in [1.29, 1.82) is 0 Å². The second-order valence-electron chi connectivity index (χ2n) is 6.64. The summed E-state index contributed by atoms with van der Waals surface area (Å²) in [5, 5.41) is 5.64. The van der Waals surface area contributed by atoms with Crippen LogP contribution in [0.5, 0.6) is 5.75 Å². The SMILES string of the molecule is O=C(/C=C/c1cccc(/C=C2\Oc3ccccc3NC2=O)c1)NCc1ccncc1. The molecule has 0 radical (unpaired) electrons. The van der Waals surface area contributed by atoms with Crippen LogP contribution in [0.25, 0.3) is 12.2 Å². The van der Waals surface area contributed by atoms with Gasteiger partial charge in [-0.1, -0.05) is 30.3 Å². The average Bonchev–Trinajstić information content (AvgIpc) is 2.78. The summed E-state index contributed by atoms with van der Waals surface area (Å²) in [7, 11) is 0. The topological polar surface area (TPSA) is 80.3 Å². The van der Waals surface area contributed by atoms with E-state index in [0.29, 0.717) is 18.0 Å². The zero-order valence-electron chi connectivity index (χ0n) is 16.0. The number of carbonyl (C=O) groups is 2. The number of aromatic nitrogens is 1. The quantitative estimate of drug-likeness (QED) is 0.642. The Hall–Kier alpha value is -4.19. The van der Waals surface area contributed by atoms with E-state index in [1.165, 1.54) is 6.08 Å². The maximum absolute atomic E-state index is 12.3. The Morgan fingerprint density at radius 1 is 1.03 bits per heavy atom. The van der Waals surface area contributed by atoms with Gasteiger partial charge in [0, 0.05) is 25.0 Å². The minimum absolute atomic E-state index is 0.192. The molecule has 2 heterocycles. The van der Waals surface area contributed by atoms with E-state index in [-0.39, 0.29) is 17.6 Å². The lowest BCUT2D eigenvalue weighted by Crippen LogP contribution is -2.23. The monoisotopic (exact) mass is 397 g/mol. The lowest BCUT2D eigenvalue weighted by molar-refractivity contribution is -0.116. The maximum Gasteiger partial charge on any atom is 0.291 e. The molecule has 2 amide bonds. The number of ether oxygens (including phenoxy) is 1. The first-order chi connectivity index (χ1) is 14.7. The molecule has 0 bridgehead atoms. The first kappa shape index (κ1) is 19.1. The molecule has 0 atom stereocenters. The van der Waals surface area contributed by atoms with Crippen molar-refractivity contribution in [3.8, 4) is 5.75 Å². The van der Waals surface area contributed by atoms with Crippen molar-refractivity contribution in [1.82, 2.24) is 10.3 Å². The van der Waals surface area contributed by atoms with Gasteiger partial charge < -0.3 is 15.4 Å². The van der Waals surface area contributed by atoms with Gasteiger partial charge in [0.25, 0.3) is 5.91 Å². The average molecular weight is 397 g/mol. The molecule has 0 saturated heterocycles. The number of amides is 2. The van der Waals surface area contributed by atoms with E-state index in [9.17, 15) is 9.59 Å². The number of nitrogens with zero attached hydrogens (tertiary/aromatic N) is 1. The van der Waals surface area contributed by atoms with Gasteiger partial charge in [0.05, 0.1) is 5.69 Å². The molecule has 1 aliphatic heterocycles. The Bertz CT molecular complexity index is 1140.